The van der Waals surface area contributed by atoms with E-state index in [2.05, 4.69) is 35.0 Å². The number of nitrogens with zero attached hydrogens (tertiary/aromatic N) is 1. The maximum absolute atomic E-state index is 6.39. The first-order valence-electron chi connectivity index (χ1n) is 6.54. The third kappa shape index (κ3) is 1.91. The lowest BCUT2D eigenvalue weighted by molar-refractivity contribution is 0.709. The van der Waals surface area contributed by atoms with Gasteiger partial charge in [0.1, 0.15) is 0 Å². The van der Waals surface area contributed by atoms with Gasteiger partial charge in [0, 0.05) is 21.2 Å². The normalized spacial score (nSPS) is 15.4. The molecular formula is C15H17BrN2. The van der Waals surface area contributed by atoms with Crippen molar-refractivity contribution in [2.24, 2.45) is 0 Å². The Balaban J connectivity index is 2.34. The van der Waals surface area contributed by atoms with E-state index < -0.39 is 0 Å². The number of nitrogens with two attached hydrogens (primary N) is 1. The summed E-state index contributed by atoms with van der Waals surface area (Å²) in [6.07, 6.45) is 5.91. The lowest BCUT2D eigenvalue weighted by Crippen LogP contribution is -2.03. The van der Waals surface area contributed by atoms with E-state index in [1.165, 1.54) is 36.1 Å². The van der Waals surface area contributed by atoms with Crippen LogP contribution in [0.2, 0.25) is 0 Å². The fourth-order valence-corrected chi connectivity index (χ4v) is 3.44. The lowest BCUT2D eigenvalue weighted by Gasteiger charge is -2.13. The van der Waals surface area contributed by atoms with Crippen LogP contribution in [0.1, 0.15) is 36.1 Å². The van der Waals surface area contributed by atoms with E-state index in [4.69, 9.17) is 10.7 Å². The van der Waals surface area contributed by atoms with Crippen LogP contribution in [0, 0.1) is 6.92 Å². The summed E-state index contributed by atoms with van der Waals surface area (Å²) in [4.78, 5) is 4.88. The summed E-state index contributed by atoms with van der Waals surface area (Å²) in [5.74, 6) is 0. The molecule has 2 N–H and O–H groups in total. The van der Waals surface area contributed by atoms with Crippen molar-refractivity contribution in [3.8, 4) is 0 Å². The molecule has 0 amide bonds. The highest BCUT2D eigenvalue weighted by atomic mass is 79.9. The van der Waals surface area contributed by atoms with Crippen molar-refractivity contribution in [3.63, 3.8) is 0 Å². The molecule has 1 aromatic heterocycles. The van der Waals surface area contributed by atoms with E-state index in [9.17, 15) is 0 Å². The largest absolute Gasteiger partial charge is 0.398 e. The Bertz CT molecular complexity index is 620. The Morgan fingerprint density at radius 2 is 1.94 bits per heavy atom. The number of rotatable bonds is 0. The molecule has 0 unspecified atom stereocenters. The highest BCUT2D eigenvalue weighted by Crippen LogP contribution is 2.33. The Kier molecular flexibility index (Phi) is 3.02. The number of hydrogen-bond donors (Lipinski definition) is 1. The summed E-state index contributed by atoms with van der Waals surface area (Å²) in [7, 11) is 0. The van der Waals surface area contributed by atoms with Crippen LogP contribution in [0.4, 0.5) is 5.69 Å². The molecular weight excluding hydrogens is 288 g/mol. The van der Waals surface area contributed by atoms with Gasteiger partial charge in [-0.2, -0.15) is 0 Å². The van der Waals surface area contributed by atoms with Crippen molar-refractivity contribution >= 4 is 32.5 Å². The summed E-state index contributed by atoms with van der Waals surface area (Å²) in [6, 6.07) is 4.20. The number of benzene rings is 1. The number of aromatic nitrogens is 1. The summed E-state index contributed by atoms with van der Waals surface area (Å²) in [5, 5.41) is 1.10. The first-order chi connectivity index (χ1) is 8.66. The number of pyridine rings is 1. The number of aryl methyl sites for hydroxylation is 2. The SMILES string of the molecule is Cc1cc(Br)cc2c(N)c3c(nc12)CCCCC3. The van der Waals surface area contributed by atoms with E-state index in [0.29, 0.717) is 0 Å². The van der Waals surface area contributed by atoms with Gasteiger partial charge in [0.15, 0.2) is 0 Å². The molecule has 0 radical (unpaired) electrons. The molecule has 1 aliphatic carbocycles. The van der Waals surface area contributed by atoms with Crippen molar-refractivity contribution in [3.05, 3.63) is 33.4 Å². The van der Waals surface area contributed by atoms with Gasteiger partial charge in [-0.05, 0) is 55.9 Å². The number of halogens is 1. The summed E-state index contributed by atoms with van der Waals surface area (Å²) in [5.41, 5.74) is 12.1. The topological polar surface area (TPSA) is 38.9 Å². The predicted octanol–water partition coefficient (Wildman–Crippen LogP) is 4.16. The quantitative estimate of drug-likeness (QED) is 0.742. The molecule has 1 heterocycles. The third-order valence-electron chi connectivity index (χ3n) is 3.82. The van der Waals surface area contributed by atoms with Gasteiger partial charge in [0.2, 0.25) is 0 Å². The van der Waals surface area contributed by atoms with Crippen LogP contribution in [-0.4, -0.2) is 4.98 Å². The Morgan fingerprint density at radius 3 is 2.78 bits per heavy atom. The van der Waals surface area contributed by atoms with Crippen LogP contribution in [0.15, 0.2) is 16.6 Å². The molecule has 0 spiro atoms. The Hall–Kier alpha value is -1.09. The Morgan fingerprint density at radius 1 is 1.17 bits per heavy atom. The maximum atomic E-state index is 6.39. The molecule has 1 aromatic carbocycles. The van der Waals surface area contributed by atoms with Crippen molar-refractivity contribution in [2.45, 2.75) is 39.0 Å². The second-order valence-corrected chi connectivity index (χ2v) is 6.05. The Labute approximate surface area is 116 Å². The number of fused-ring (bicyclic) bond motifs is 2. The van der Waals surface area contributed by atoms with E-state index in [1.807, 2.05) is 0 Å². The van der Waals surface area contributed by atoms with Crippen LogP contribution in [0.5, 0.6) is 0 Å². The highest BCUT2D eigenvalue weighted by molar-refractivity contribution is 9.10. The first kappa shape index (κ1) is 12.0. The minimum Gasteiger partial charge on any atom is -0.398 e. The van der Waals surface area contributed by atoms with Gasteiger partial charge >= 0.3 is 0 Å². The molecule has 0 fully saturated rings. The van der Waals surface area contributed by atoms with Crippen molar-refractivity contribution in [2.75, 3.05) is 5.73 Å². The zero-order valence-electron chi connectivity index (χ0n) is 10.6. The van der Waals surface area contributed by atoms with Crippen molar-refractivity contribution in [1.29, 1.82) is 0 Å². The first-order valence-corrected chi connectivity index (χ1v) is 7.33. The molecule has 1 aliphatic rings. The van der Waals surface area contributed by atoms with E-state index in [1.54, 1.807) is 0 Å². The van der Waals surface area contributed by atoms with Gasteiger partial charge in [0.05, 0.1) is 5.52 Å². The zero-order valence-corrected chi connectivity index (χ0v) is 12.2. The van der Waals surface area contributed by atoms with Gasteiger partial charge in [-0.3, -0.25) is 4.98 Å². The standard InChI is InChI=1S/C15H17BrN2/c1-9-7-10(16)8-12-14(17)11-5-3-2-4-6-13(11)18-15(9)12/h7-8H,2-6H2,1H3,(H2,17,18). The summed E-state index contributed by atoms with van der Waals surface area (Å²) >= 11 is 3.55. The molecule has 94 valence electrons. The molecule has 0 atom stereocenters. The number of hydrogen-bond acceptors (Lipinski definition) is 2. The molecule has 2 aromatic rings. The van der Waals surface area contributed by atoms with Gasteiger partial charge in [-0.25, -0.2) is 0 Å². The van der Waals surface area contributed by atoms with Gasteiger partial charge in [-0.15, -0.1) is 0 Å². The molecule has 0 saturated heterocycles. The molecule has 3 rings (SSSR count). The smallest absolute Gasteiger partial charge is 0.0756 e. The molecule has 18 heavy (non-hydrogen) atoms. The molecule has 0 saturated carbocycles. The molecule has 0 bridgehead atoms. The van der Waals surface area contributed by atoms with Crippen molar-refractivity contribution in [1.82, 2.24) is 4.98 Å². The minimum atomic E-state index is 0.946. The third-order valence-corrected chi connectivity index (χ3v) is 4.27. The fourth-order valence-electron chi connectivity index (χ4n) is 2.87. The average Bonchev–Trinajstić information content (AvgIpc) is 2.56. The lowest BCUT2D eigenvalue weighted by atomic mass is 10.0. The number of nitrogen functional groups attached to an aromatic ring is 1. The van der Waals surface area contributed by atoms with Gasteiger partial charge in [0.25, 0.3) is 0 Å². The van der Waals surface area contributed by atoms with Crippen molar-refractivity contribution < 1.29 is 0 Å². The van der Waals surface area contributed by atoms with E-state index in [-0.39, 0.29) is 0 Å². The van der Waals surface area contributed by atoms with Gasteiger partial charge < -0.3 is 5.73 Å². The van der Waals surface area contributed by atoms with Gasteiger partial charge in [-0.1, -0.05) is 22.4 Å². The summed E-state index contributed by atoms with van der Waals surface area (Å²) < 4.78 is 1.08. The highest BCUT2D eigenvalue weighted by Gasteiger charge is 2.16. The van der Waals surface area contributed by atoms with Crippen LogP contribution in [-0.2, 0) is 12.8 Å². The summed E-state index contributed by atoms with van der Waals surface area (Å²) in [6.45, 7) is 2.10. The van der Waals surface area contributed by atoms with Crippen LogP contribution in [0.25, 0.3) is 10.9 Å². The zero-order chi connectivity index (χ0) is 12.7. The number of anilines is 1. The maximum Gasteiger partial charge on any atom is 0.0756 e. The van der Waals surface area contributed by atoms with Crippen LogP contribution < -0.4 is 5.73 Å². The molecule has 2 nitrogen and oxygen atoms in total. The van der Waals surface area contributed by atoms with E-state index >= 15 is 0 Å². The second kappa shape index (κ2) is 4.54. The predicted molar refractivity (Wildman–Crippen MR) is 79.9 cm³/mol. The van der Waals surface area contributed by atoms with E-state index in [0.717, 1.165) is 33.9 Å². The fraction of sp³-hybridized carbons (Fsp3) is 0.400. The van der Waals surface area contributed by atoms with Crippen LogP contribution in [0.3, 0.4) is 0 Å². The minimum absolute atomic E-state index is 0.946. The second-order valence-electron chi connectivity index (χ2n) is 5.13. The van der Waals surface area contributed by atoms with Crippen LogP contribution >= 0.6 is 15.9 Å². The molecule has 3 heteroatoms. The average molecular weight is 305 g/mol. The monoisotopic (exact) mass is 304 g/mol. The molecule has 0 aliphatic heterocycles.